The molecule has 0 aromatic heterocycles. The molecule has 88 valence electrons. The third-order valence-corrected chi connectivity index (χ3v) is 3.53. The molecule has 2 nitrogen and oxygen atoms in total. The summed E-state index contributed by atoms with van der Waals surface area (Å²) >= 11 is 0. The largest absolute Gasteiger partial charge is 0.396 e. The fourth-order valence-corrected chi connectivity index (χ4v) is 2.70. The Balaban J connectivity index is 2.03. The molecule has 3 rings (SSSR count). The Morgan fingerprint density at radius 2 is 1.88 bits per heavy atom. The molecule has 0 unspecified atom stereocenters. The molecule has 1 aliphatic rings. The molecule has 17 heavy (non-hydrogen) atoms. The number of hydrogen-bond acceptors (Lipinski definition) is 2. The zero-order valence-electron chi connectivity index (χ0n) is 9.87. The maximum Gasteiger partial charge on any atom is 0.0447 e. The van der Waals surface area contributed by atoms with Gasteiger partial charge in [0.25, 0.3) is 0 Å². The number of aliphatic hydroxyl groups excluding tert-OH is 1. The minimum absolute atomic E-state index is 0.244. The van der Waals surface area contributed by atoms with E-state index in [-0.39, 0.29) is 6.61 Å². The molecule has 0 saturated carbocycles. The van der Waals surface area contributed by atoms with Crippen LogP contribution < -0.4 is 5.32 Å². The molecule has 0 fully saturated rings. The summed E-state index contributed by atoms with van der Waals surface area (Å²) in [4.78, 5) is 0. The number of aryl methyl sites for hydroxylation is 2. The van der Waals surface area contributed by atoms with Crippen molar-refractivity contribution in [1.82, 2.24) is 0 Å². The molecule has 2 N–H and O–H groups in total. The molecule has 2 heteroatoms. The van der Waals surface area contributed by atoms with Gasteiger partial charge in [-0.15, -0.1) is 0 Å². The molecule has 0 saturated heterocycles. The van der Waals surface area contributed by atoms with Crippen molar-refractivity contribution in [2.24, 2.45) is 0 Å². The van der Waals surface area contributed by atoms with Crippen LogP contribution in [0.15, 0.2) is 30.3 Å². The first kappa shape index (κ1) is 10.6. The second-order valence-electron chi connectivity index (χ2n) is 4.62. The van der Waals surface area contributed by atoms with Gasteiger partial charge in [0.05, 0.1) is 0 Å². The van der Waals surface area contributed by atoms with Crippen LogP contribution in [0, 0.1) is 0 Å². The molecular formula is C15H17NO. The number of hydrogen-bond donors (Lipinski definition) is 2. The van der Waals surface area contributed by atoms with E-state index in [1.165, 1.54) is 40.4 Å². The van der Waals surface area contributed by atoms with Crippen molar-refractivity contribution in [1.29, 1.82) is 0 Å². The van der Waals surface area contributed by atoms with Crippen molar-refractivity contribution >= 4 is 16.5 Å². The minimum atomic E-state index is 0.244. The van der Waals surface area contributed by atoms with E-state index in [2.05, 4.69) is 35.6 Å². The number of aliphatic hydroxyl groups is 1. The Morgan fingerprint density at radius 1 is 1.06 bits per heavy atom. The van der Waals surface area contributed by atoms with Crippen LogP contribution in [-0.4, -0.2) is 18.3 Å². The molecule has 2 aromatic carbocycles. The molecular weight excluding hydrogens is 210 g/mol. The van der Waals surface area contributed by atoms with Gasteiger partial charge in [-0.05, 0) is 41.8 Å². The van der Waals surface area contributed by atoms with E-state index in [9.17, 15) is 0 Å². The molecule has 0 amide bonds. The summed E-state index contributed by atoms with van der Waals surface area (Å²) in [5.74, 6) is 0. The molecule has 0 heterocycles. The van der Waals surface area contributed by atoms with Crippen LogP contribution in [0.4, 0.5) is 5.69 Å². The summed E-state index contributed by atoms with van der Waals surface area (Å²) in [6, 6.07) is 11.0. The Bertz CT molecular complexity index is 538. The first-order valence-electron chi connectivity index (χ1n) is 6.28. The highest BCUT2D eigenvalue weighted by Crippen LogP contribution is 2.34. The molecule has 0 bridgehead atoms. The van der Waals surface area contributed by atoms with E-state index in [0.29, 0.717) is 0 Å². The summed E-state index contributed by atoms with van der Waals surface area (Å²) in [7, 11) is 0. The predicted molar refractivity (Wildman–Crippen MR) is 71.5 cm³/mol. The molecule has 0 spiro atoms. The van der Waals surface area contributed by atoms with Gasteiger partial charge in [-0.1, -0.05) is 24.3 Å². The Hall–Kier alpha value is -1.54. The monoisotopic (exact) mass is 227 g/mol. The van der Waals surface area contributed by atoms with Gasteiger partial charge < -0.3 is 10.4 Å². The quantitative estimate of drug-likeness (QED) is 0.787. The fraction of sp³-hybridized carbons (Fsp3) is 0.333. The van der Waals surface area contributed by atoms with Gasteiger partial charge in [-0.3, -0.25) is 0 Å². The summed E-state index contributed by atoms with van der Waals surface area (Å²) in [5, 5.41) is 15.0. The summed E-state index contributed by atoms with van der Waals surface area (Å²) in [6.07, 6.45) is 3.14. The maximum atomic E-state index is 8.82. The first-order chi connectivity index (χ1) is 8.40. The second kappa shape index (κ2) is 4.38. The first-order valence-corrected chi connectivity index (χ1v) is 6.28. The van der Waals surface area contributed by atoms with Crippen LogP contribution in [0.25, 0.3) is 10.8 Å². The average molecular weight is 227 g/mol. The third-order valence-electron chi connectivity index (χ3n) is 3.53. The molecule has 1 aliphatic carbocycles. The van der Waals surface area contributed by atoms with Crippen LogP contribution in [0.3, 0.4) is 0 Å². The highest BCUT2D eigenvalue weighted by atomic mass is 16.3. The number of rotatable bonds is 4. The van der Waals surface area contributed by atoms with E-state index in [1.807, 2.05) is 0 Å². The van der Waals surface area contributed by atoms with Gasteiger partial charge in [-0.2, -0.15) is 0 Å². The number of nitrogens with one attached hydrogen (secondary N) is 1. The number of anilines is 1. The molecule has 0 aliphatic heterocycles. The third kappa shape index (κ3) is 1.79. The smallest absolute Gasteiger partial charge is 0.0447 e. The van der Waals surface area contributed by atoms with Gasteiger partial charge in [0, 0.05) is 24.2 Å². The van der Waals surface area contributed by atoms with Crippen molar-refractivity contribution in [2.75, 3.05) is 18.5 Å². The van der Waals surface area contributed by atoms with E-state index in [4.69, 9.17) is 5.11 Å². The lowest BCUT2D eigenvalue weighted by Crippen LogP contribution is -2.03. The van der Waals surface area contributed by atoms with Gasteiger partial charge in [0.15, 0.2) is 0 Å². The average Bonchev–Trinajstić information content (AvgIpc) is 2.78. The van der Waals surface area contributed by atoms with Gasteiger partial charge in [0.1, 0.15) is 0 Å². The van der Waals surface area contributed by atoms with Crippen molar-refractivity contribution in [3.63, 3.8) is 0 Å². The summed E-state index contributed by atoms with van der Waals surface area (Å²) in [5.41, 5.74) is 4.15. The van der Waals surface area contributed by atoms with E-state index < -0.39 is 0 Å². The lowest BCUT2D eigenvalue weighted by molar-refractivity contribution is 0.292. The van der Waals surface area contributed by atoms with E-state index >= 15 is 0 Å². The number of benzene rings is 2. The lowest BCUT2D eigenvalue weighted by atomic mass is 10.0. The van der Waals surface area contributed by atoms with Gasteiger partial charge in [-0.25, -0.2) is 0 Å². The summed E-state index contributed by atoms with van der Waals surface area (Å²) < 4.78 is 0. The topological polar surface area (TPSA) is 32.3 Å². The maximum absolute atomic E-state index is 8.82. The van der Waals surface area contributed by atoms with E-state index in [1.54, 1.807) is 0 Å². The SMILES string of the molecule is OCCCNc1ccc2c3c(cccc13)CC2. The van der Waals surface area contributed by atoms with Crippen LogP contribution in [0.2, 0.25) is 0 Å². The normalized spacial score (nSPS) is 13.2. The standard InChI is InChI=1S/C15H17NO/c17-10-2-9-16-14-8-7-12-6-5-11-3-1-4-13(14)15(11)12/h1,3-4,7-8,16-17H,2,5-6,9-10H2. The van der Waals surface area contributed by atoms with Crippen molar-refractivity contribution < 1.29 is 5.11 Å². The van der Waals surface area contributed by atoms with Crippen molar-refractivity contribution in [2.45, 2.75) is 19.3 Å². The zero-order valence-corrected chi connectivity index (χ0v) is 9.87. The fourth-order valence-electron chi connectivity index (χ4n) is 2.70. The second-order valence-corrected chi connectivity index (χ2v) is 4.62. The van der Waals surface area contributed by atoms with Crippen molar-refractivity contribution in [3.05, 3.63) is 41.5 Å². The van der Waals surface area contributed by atoms with Crippen LogP contribution in [-0.2, 0) is 12.8 Å². The molecule has 0 radical (unpaired) electrons. The van der Waals surface area contributed by atoms with Crippen LogP contribution in [0.5, 0.6) is 0 Å². The minimum Gasteiger partial charge on any atom is -0.396 e. The zero-order chi connectivity index (χ0) is 11.7. The van der Waals surface area contributed by atoms with Gasteiger partial charge >= 0.3 is 0 Å². The predicted octanol–water partition coefficient (Wildman–Crippen LogP) is 2.73. The lowest BCUT2D eigenvalue weighted by Gasteiger charge is -2.10. The molecule has 0 atom stereocenters. The highest BCUT2D eigenvalue weighted by Gasteiger charge is 2.15. The molecule has 2 aromatic rings. The van der Waals surface area contributed by atoms with Gasteiger partial charge in [0.2, 0.25) is 0 Å². The van der Waals surface area contributed by atoms with E-state index in [0.717, 1.165) is 13.0 Å². The van der Waals surface area contributed by atoms with Crippen LogP contribution >= 0.6 is 0 Å². The highest BCUT2D eigenvalue weighted by molar-refractivity contribution is 5.99. The Labute approximate surface area is 101 Å². The van der Waals surface area contributed by atoms with Crippen LogP contribution in [0.1, 0.15) is 17.5 Å². The summed E-state index contributed by atoms with van der Waals surface area (Å²) in [6.45, 7) is 1.07. The Kier molecular flexibility index (Phi) is 2.73. The Morgan fingerprint density at radius 3 is 2.71 bits per heavy atom. The van der Waals surface area contributed by atoms with Crippen molar-refractivity contribution in [3.8, 4) is 0 Å².